The number of halogens is 1. The van der Waals surface area contributed by atoms with Gasteiger partial charge in [0.1, 0.15) is 12.4 Å². The van der Waals surface area contributed by atoms with E-state index in [4.69, 9.17) is 25.8 Å². The molecule has 0 saturated heterocycles. The number of hydrogen-bond donors (Lipinski definition) is 0. The van der Waals surface area contributed by atoms with E-state index in [9.17, 15) is 13.8 Å². The molecule has 1 fully saturated rings. The van der Waals surface area contributed by atoms with Gasteiger partial charge in [0.25, 0.3) is 5.91 Å². The molecule has 1 spiro atoms. The van der Waals surface area contributed by atoms with Crippen molar-refractivity contribution in [2.75, 3.05) is 56.9 Å². The summed E-state index contributed by atoms with van der Waals surface area (Å²) in [5.41, 5.74) is 3.51. The number of Topliss-reactive ketones (excluding diaryl/α,β-unsaturated/α-hetero) is 1. The zero-order chi connectivity index (χ0) is 31.6. The van der Waals surface area contributed by atoms with Gasteiger partial charge in [0.15, 0.2) is 5.78 Å². The van der Waals surface area contributed by atoms with Gasteiger partial charge in [-0.3, -0.25) is 9.59 Å². The normalized spacial score (nSPS) is 30.6. The van der Waals surface area contributed by atoms with Crippen LogP contribution >= 0.6 is 11.6 Å². The summed E-state index contributed by atoms with van der Waals surface area (Å²) in [5, 5.41) is 0.747. The number of allylic oxidation sites excluding steroid dienone is 1. The van der Waals surface area contributed by atoms with Crippen LogP contribution in [0, 0.1) is 11.8 Å². The smallest absolute Gasteiger partial charge is 0.285 e. The minimum atomic E-state index is -3.14. The SMILES string of the molecule is COCC(=O)C[S@@]1(=O)=NC(=O)c2ccc3c(c2)N(C[C@@H]2CC[C@H]2[C@@H](OC)/C=C/CCC1)C[C@@]1(CCCc2cc(Cl)ccc21)CO3. The van der Waals surface area contributed by atoms with Gasteiger partial charge in [-0.2, -0.15) is 4.36 Å². The van der Waals surface area contributed by atoms with Crippen LogP contribution in [0.2, 0.25) is 5.02 Å². The lowest BCUT2D eigenvalue weighted by molar-refractivity contribution is -0.120. The summed E-state index contributed by atoms with van der Waals surface area (Å²) in [6.07, 6.45) is 10.6. The molecule has 0 aromatic heterocycles. The molecule has 1 amide bonds. The predicted molar refractivity (Wildman–Crippen MR) is 177 cm³/mol. The molecular weight excluding hydrogens is 612 g/mol. The second-order valence-electron chi connectivity index (χ2n) is 13.0. The first-order chi connectivity index (χ1) is 21.7. The fraction of sp³-hybridized carbons (Fsp3) is 0.543. The molecule has 45 heavy (non-hydrogen) atoms. The van der Waals surface area contributed by atoms with Gasteiger partial charge in [-0.15, -0.1) is 0 Å². The lowest BCUT2D eigenvalue weighted by Gasteiger charge is -2.46. The Morgan fingerprint density at radius 1 is 1.18 bits per heavy atom. The topological polar surface area (TPSA) is 94.5 Å². The molecule has 4 aliphatic rings. The fourth-order valence-corrected chi connectivity index (χ4v) is 9.75. The Balaban J connectivity index is 1.43. The molecular formula is C35H43ClN2O6S. The molecule has 6 rings (SSSR count). The molecule has 0 N–H and O–H groups in total. The van der Waals surface area contributed by atoms with E-state index in [0.29, 0.717) is 36.8 Å². The predicted octanol–water partition coefficient (Wildman–Crippen LogP) is 6.03. The van der Waals surface area contributed by atoms with Crippen molar-refractivity contribution in [3.05, 3.63) is 70.3 Å². The van der Waals surface area contributed by atoms with E-state index in [0.717, 1.165) is 61.7 Å². The van der Waals surface area contributed by atoms with E-state index >= 15 is 0 Å². The number of nitrogens with zero attached hydrogens (tertiary/aromatic N) is 2. The number of anilines is 1. The lowest BCUT2D eigenvalue weighted by atomic mass is 9.68. The van der Waals surface area contributed by atoms with Crippen molar-refractivity contribution >= 4 is 38.7 Å². The summed E-state index contributed by atoms with van der Waals surface area (Å²) < 4.78 is 35.8. The maximum absolute atomic E-state index is 14.0. The van der Waals surface area contributed by atoms with Crippen molar-refractivity contribution in [1.29, 1.82) is 0 Å². The number of carbonyl (C=O) groups excluding carboxylic acids is 2. The molecule has 5 atom stereocenters. The highest BCUT2D eigenvalue weighted by atomic mass is 35.5. The number of aryl methyl sites for hydroxylation is 1. The third kappa shape index (κ3) is 6.87. The van der Waals surface area contributed by atoms with Gasteiger partial charge >= 0.3 is 0 Å². The van der Waals surface area contributed by atoms with Crippen molar-refractivity contribution < 1.29 is 28.0 Å². The third-order valence-corrected chi connectivity index (χ3v) is 12.4. The average Bonchev–Trinajstić information content (AvgIpc) is 3.14. The molecule has 8 nitrogen and oxygen atoms in total. The van der Waals surface area contributed by atoms with Crippen LogP contribution in [0.25, 0.3) is 0 Å². The summed E-state index contributed by atoms with van der Waals surface area (Å²) in [7, 11) is 0.0466. The molecule has 0 radical (unpaired) electrons. The van der Waals surface area contributed by atoms with Crippen molar-refractivity contribution in [3.8, 4) is 5.75 Å². The zero-order valence-electron chi connectivity index (χ0n) is 26.2. The monoisotopic (exact) mass is 654 g/mol. The van der Waals surface area contributed by atoms with Crippen molar-refractivity contribution in [2.24, 2.45) is 16.2 Å². The summed E-state index contributed by atoms with van der Waals surface area (Å²) in [6, 6.07) is 11.6. The van der Waals surface area contributed by atoms with Crippen LogP contribution in [0.5, 0.6) is 5.75 Å². The second kappa shape index (κ2) is 13.6. The van der Waals surface area contributed by atoms with Gasteiger partial charge in [0, 0.05) is 49.1 Å². The minimum absolute atomic E-state index is 0.0175. The number of ketones is 1. The average molecular weight is 655 g/mol. The highest BCUT2D eigenvalue weighted by Crippen LogP contribution is 2.47. The number of carbonyl (C=O) groups is 2. The first-order valence-electron chi connectivity index (χ1n) is 16.0. The van der Waals surface area contributed by atoms with Crippen LogP contribution < -0.4 is 9.64 Å². The number of benzene rings is 2. The largest absolute Gasteiger partial charge is 0.490 e. The van der Waals surface area contributed by atoms with E-state index in [1.165, 1.54) is 18.2 Å². The van der Waals surface area contributed by atoms with Gasteiger partial charge in [-0.25, -0.2) is 4.21 Å². The van der Waals surface area contributed by atoms with E-state index in [2.05, 4.69) is 33.5 Å². The highest BCUT2D eigenvalue weighted by molar-refractivity contribution is 7.94. The number of hydrogen-bond acceptors (Lipinski definition) is 7. The van der Waals surface area contributed by atoms with Gasteiger partial charge in [0.2, 0.25) is 0 Å². The molecule has 2 bridgehead atoms. The van der Waals surface area contributed by atoms with Crippen LogP contribution in [0.3, 0.4) is 0 Å². The maximum Gasteiger partial charge on any atom is 0.285 e. The Bertz CT molecular complexity index is 1600. The molecule has 1 saturated carbocycles. The van der Waals surface area contributed by atoms with Gasteiger partial charge in [-0.05, 0) is 98.2 Å². The van der Waals surface area contributed by atoms with Crippen molar-refractivity contribution in [1.82, 2.24) is 0 Å². The molecule has 2 aliphatic heterocycles. The highest BCUT2D eigenvalue weighted by Gasteiger charge is 2.44. The Morgan fingerprint density at radius 2 is 2.04 bits per heavy atom. The molecule has 2 aromatic carbocycles. The number of rotatable bonds is 5. The first kappa shape index (κ1) is 32.2. The Kier molecular flexibility index (Phi) is 9.71. The molecule has 0 unspecified atom stereocenters. The number of methoxy groups -OCH3 is 2. The van der Waals surface area contributed by atoms with Gasteiger partial charge in [-0.1, -0.05) is 29.8 Å². The first-order valence-corrected chi connectivity index (χ1v) is 18.2. The summed E-state index contributed by atoms with van der Waals surface area (Å²) in [5.74, 6) is 0.435. The van der Waals surface area contributed by atoms with E-state index in [1.807, 2.05) is 18.2 Å². The van der Waals surface area contributed by atoms with Crippen LogP contribution in [0.4, 0.5) is 5.69 Å². The summed E-state index contributed by atoms with van der Waals surface area (Å²) in [6.45, 7) is 1.90. The number of amides is 1. The van der Waals surface area contributed by atoms with Crippen LogP contribution in [0.15, 0.2) is 52.9 Å². The van der Waals surface area contributed by atoms with E-state index in [1.54, 1.807) is 13.2 Å². The van der Waals surface area contributed by atoms with Crippen LogP contribution in [-0.4, -0.2) is 74.0 Å². The van der Waals surface area contributed by atoms with E-state index < -0.39 is 15.6 Å². The molecule has 2 aliphatic carbocycles. The molecule has 10 heteroatoms. The van der Waals surface area contributed by atoms with Crippen LogP contribution in [-0.2, 0) is 35.8 Å². The molecule has 2 heterocycles. The summed E-state index contributed by atoms with van der Waals surface area (Å²) in [4.78, 5) is 28.6. The van der Waals surface area contributed by atoms with Gasteiger partial charge < -0.3 is 19.1 Å². The lowest BCUT2D eigenvalue weighted by Crippen LogP contribution is -2.49. The van der Waals surface area contributed by atoms with E-state index in [-0.39, 0.29) is 35.4 Å². The fourth-order valence-electron chi connectivity index (χ4n) is 7.65. The zero-order valence-corrected chi connectivity index (χ0v) is 27.7. The Morgan fingerprint density at radius 3 is 2.82 bits per heavy atom. The van der Waals surface area contributed by atoms with Crippen LogP contribution in [0.1, 0.15) is 60.0 Å². The van der Waals surface area contributed by atoms with Crippen molar-refractivity contribution in [3.63, 3.8) is 0 Å². The number of fused-ring (bicyclic) bond motifs is 4. The van der Waals surface area contributed by atoms with Crippen molar-refractivity contribution in [2.45, 2.75) is 56.5 Å². The second-order valence-corrected chi connectivity index (χ2v) is 15.9. The van der Waals surface area contributed by atoms with Gasteiger partial charge in [0.05, 0.1) is 33.9 Å². The quantitative estimate of drug-likeness (QED) is 0.364. The molecule has 242 valence electrons. The number of ether oxygens (including phenoxy) is 3. The Hall–Kier alpha value is -2.72. The standard InChI is InChI=1S/C35H43ClN2O6S/c1-42-20-28(39)21-45(41)16-5-3-4-8-32(43-2)29-12-9-26(29)19-38-22-35(15-6-7-24-17-27(36)11-13-30(24)35)23-44-33-14-10-25(18-31(33)38)34(40)37-45/h4,8,10-11,13-14,17-18,26,29,32H,3,5-7,9,12,15-16,19-23H2,1-2H3/b8-4+/t26-,29+,32-,35-,45+/m0/s1. The third-order valence-electron chi connectivity index (χ3n) is 10.0. The maximum atomic E-state index is 14.0. The minimum Gasteiger partial charge on any atom is -0.490 e. The Labute approximate surface area is 271 Å². The summed E-state index contributed by atoms with van der Waals surface area (Å²) >= 11 is 6.42. The molecule has 2 aromatic rings.